The fourth-order valence-corrected chi connectivity index (χ4v) is 3.14. The molecule has 2 rings (SSSR count). The third-order valence-electron chi connectivity index (χ3n) is 3.60. The lowest BCUT2D eigenvalue weighted by atomic mass is 9.84. The first-order valence-corrected chi connectivity index (χ1v) is 8.15. The van der Waals surface area contributed by atoms with Crippen LogP contribution < -0.4 is 0 Å². The molecular weight excluding hydrogens is 236 g/mol. The summed E-state index contributed by atoms with van der Waals surface area (Å²) in [6, 6.07) is 10.6. The average Bonchev–Trinajstić information content (AvgIpc) is 2.45. The molecule has 1 fully saturated rings. The maximum absolute atomic E-state index is 2.33. The Morgan fingerprint density at radius 1 is 1.11 bits per heavy atom. The van der Waals surface area contributed by atoms with Gasteiger partial charge in [-0.25, -0.2) is 0 Å². The second-order valence-corrected chi connectivity index (χ2v) is 5.64. The van der Waals surface area contributed by atoms with Gasteiger partial charge < -0.3 is 0 Å². The molecule has 1 heteroatoms. The van der Waals surface area contributed by atoms with E-state index in [1.807, 2.05) is 11.8 Å². The molecule has 0 radical (unpaired) electrons. The van der Waals surface area contributed by atoms with Crippen LogP contribution in [0.3, 0.4) is 0 Å². The Kier molecular flexibility index (Phi) is 5.60. The molecule has 0 aliphatic heterocycles. The maximum atomic E-state index is 2.33. The van der Waals surface area contributed by atoms with E-state index in [0.29, 0.717) is 0 Å². The zero-order chi connectivity index (χ0) is 12.6. The molecule has 0 bridgehead atoms. The van der Waals surface area contributed by atoms with Crippen LogP contribution in [0, 0.1) is 5.92 Å². The van der Waals surface area contributed by atoms with Crippen molar-refractivity contribution in [3.8, 4) is 0 Å². The second kappa shape index (κ2) is 7.48. The minimum Gasteiger partial charge on any atom is -0.137 e. The highest BCUT2D eigenvalue weighted by Crippen LogP contribution is 2.31. The molecule has 1 aliphatic rings. The summed E-state index contributed by atoms with van der Waals surface area (Å²) in [7, 11) is 0. The number of rotatable bonds is 4. The predicted molar refractivity (Wildman–Crippen MR) is 83.6 cm³/mol. The van der Waals surface area contributed by atoms with E-state index in [1.54, 1.807) is 0 Å². The minimum absolute atomic E-state index is 0.783. The maximum Gasteiger partial charge on any atom is -0.0142 e. The monoisotopic (exact) mass is 258 g/mol. The van der Waals surface area contributed by atoms with E-state index in [4.69, 9.17) is 0 Å². The van der Waals surface area contributed by atoms with Crippen LogP contribution in [0.4, 0.5) is 0 Å². The molecule has 1 aliphatic carbocycles. The van der Waals surface area contributed by atoms with Crippen LogP contribution in [-0.4, -0.2) is 6.26 Å². The minimum atomic E-state index is 0.783. The molecule has 0 heterocycles. The highest BCUT2D eigenvalue weighted by Gasteiger charge is 2.15. The van der Waals surface area contributed by atoms with Gasteiger partial charge in [-0.3, -0.25) is 0 Å². The van der Waals surface area contributed by atoms with Gasteiger partial charge >= 0.3 is 0 Å². The Morgan fingerprint density at radius 2 is 1.83 bits per heavy atom. The molecule has 1 aromatic carbocycles. The molecule has 1 saturated carbocycles. The zero-order valence-corrected chi connectivity index (χ0v) is 12.0. The van der Waals surface area contributed by atoms with Crippen LogP contribution in [0.1, 0.15) is 37.7 Å². The van der Waals surface area contributed by atoms with Gasteiger partial charge in [0.2, 0.25) is 0 Å². The van der Waals surface area contributed by atoms with Crippen molar-refractivity contribution in [2.24, 2.45) is 5.92 Å². The Morgan fingerprint density at radius 3 is 2.50 bits per heavy atom. The molecule has 0 aromatic heterocycles. The van der Waals surface area contributed by atoms with Gasteiger partial charge in [-0.1, -0.05) is 61.7 Å². The molecule has 0 N–H and O–H groups in total. The highest BCUT2D eigenvalue weighted by atomic mass is 32.2. The predicted octanol–water partition coefficient (Wildman–Crippen LogP) is 5.53. The third-order valence-corrected chi connectivity index (χ3v) is 4.11. The lowest BCUT2D eigenvalue weighted by molar-refractivity contribution is 0.409. The first-order valence-electron chi connectivity index (χ1n) is 6.86. The Balaban J connectivity index is 2.06. The van der Waals surface area contributed by atoms with Crippen molar-refractivity contribution >= 4 is 17.8 Å². The molecule has 0 amide bonds. The summed E-state index contributed by atoms with van der Waals surface area (Å²) in [5.74, 6) is 0.783. The summed E-state index contributed by atoms with van der Waals surface area (Å²) in [6.45, 7) is 0. The Bertz CT molecular complexity index is 397. The molecule has 1 aromatic rings. The van der Waals surface area contributed by atoms with Crippen molar-refractivity contribution in [3.05, 3.63) is 53.0 Å². The molecule has 0 saturated heterocycles. The normalized spacial score (nSPS) is 18.4. The van der Waals surface area contributed by atoms with Gasteiger partial charge in [-0.2, -0.15) is 0 Å². The van der Waals surface area contributed by atoms with Gasteiger partial charge in [0.1, 0.15) is 0 Å². The topological polar surface area (TPSA) is 0 Å². The molecule has 0 atom stereocenters. The summed E-state index contributed by atoms with van der Waals surface area (Å²) in [4.78, 5) is 0. The van der Waals surface area contributed by atoms with Crippen molar-refractivity contribution in [1.29, 1.82) is 0 Å². The fourth-order valence-electron chi connectivity index (χ4n) is 2.60. The smallest absolute Gasteiger partial charge is 0.0142 e. The number of thioether (sulfide) groups is 1. The average molecular weight is 258 g/mol. The van der Waals surface area contributed by atoms with Crippen molar-refractivity contribution in [1.82, 2.24) is 0 Å². The Labute approximate surface area is 115 Å². The van der Waals surface area contributed by atoms with E-state index in [0.717, 1.165) is 5.92 Å². The van der Waals surface area contributed by atoms with E-state index in [-0.39, 0.29) is 0 Å². The first-order chi connectivity index (χ1) is 8.90. The summed E-state index contributed by atoms with van der Waals surface area (Å²) < 4.78 is 0. The molecule has 0 nitrogen and oxygen atoms in total. The quantitative estimate of drug-likeness (QED) is 0.640. The third kappa shape index (κ3) is 4.06. The van der Waals surface area contributed by atoms with Crippen molar-refractivity contribution in [2.75, 3.05) is 6.26 Å². The number of allylic oxidation sites excluding steroid dienone is 2. The first kappa shape index (κ1) is 13.5. The van der Waals surface area contributed by atoms with Crippen LogP contribution in [0.25, 0.3) is 6.08 Å². The van der Waals surface area contributed by atoms with E-state index in [2.05, 4.69) is 54.1 Å². The van der Waals surface area contributed by atoms with Gasteiger partial charge in [0.15, 0.2) is 0 Å². The van der Waals surface area contributed by atoms with Crippen molar-refractivity contribution in [3.63, 3.8) is 0 Å². The standard InChI is InChI=1S/C17H22S/c1-18-14-17(16-10-6-3-7-11-16)13-12-15-8-4-2-5-9-15/h2,4-5,8-9,12-14,16H,3,6-7,10-11H2,1H3/b13-12+,17-14-. The summed E-state index contributed by atoms with van der Waals surface area (Å²) in [5, 5.41) is 2.33. The van der Waals surface area contributed by atoms with Gasteiger partial charge in [0, 0.05) is 0 Å². The van der Waals surface area contributed by atoms with Crippen molar-refractivity contribution < 1.29 is 0 Å². The van der Waals surface area contributed by atoms with Gasteiger partial charge in [0.25, 0.3) is 0 Å². The van der Waals surface area contributed by atoms with Crippen LogP contribution >= 0.6 is 11.8 Å². The summed E-state index contributed by atoms with van der Waals surface area (Å²) in [5.41, 5.74) is 2.81. The van der Waals surface area contributed by atoms with E-state index >= 15 is 0 Å². The van der Waals surface area contributed by atoms with Crippen LogP contribution in [0.2, 0.25) is 0 Å². The van der Waals surface area contributed by atoms with E-state index in [1.165, 1.54) is 43.2 Å². The van der Waals surface area contributed by atoms with Crippen LogP contribution in [0.5, 0.6) is 0 Å². The molecular formula is C17H22S. The lowest BCUT2D eigenvalue weighted by Crippen LogP contribution is -2.07. The van der Waals surface area contributed by atoms with E-state index in [9.17, 15) is 0 Å². The summed E-state index contributed by atoms with van der Waals surface area (Å²) in [6.07, 6.45) is 13.7. The number of hydrogen-bond acceptors (Lipinski definition) is 1. The van der Waals surface area contributed by atoms with E-state index < -0.39 is 0 Å². The van der Waals surface area contributed by atoms with Crippen molar-refractivity contribution in [2.45, 2.75) is 32.1 Å². The Hall–Kier alpha value is -0.950. The molecule has 0 spiro atoms. The number of benzene rings is 1. The highest BCUT2D eigenvalue weighted by molar-refractivity contribution is 8.01. The second-order valence-electron chi connectivity index (χ2n) is 4.93. The zero-order valence-electron chi connectivity index (χ0n) is 11.1. The number of hydrogen-bond donors (Lipinski definition) is 0. The molecule has 96 valence electrons. The van der Waals surface area contributed by atoms with Gasteiger partial charge in [-0.05, 0) is 41.6 Å². The van der Waals surface area contributed by atoms with Crippen LogP contribution in [0.15, 0.2) is 47.4 Å². The molecule has 0 unspecified atom stereocenters. The fraction of sp³-hybridized carbons (Fsp3) is 0.412. The lowest BCUT2D eigenvalue weighted by Gasteiger charge is -2.22. The largest absolute Gasteiger partial charge is 0.137 e. The van der Waals surface area contributed by atoms with Gasteiger partial charge in [0.05, 0.1) is 0 Å². The van der Waals surface area contributed by atoms with Crippen LogP contribution in [-0.2, 0) is 0 Å². The summed E-state index contributed by atoms with van der Waals surface area (Å²) >= 11 is 1.83. The molecule has 18 heavy (non-hydrogen) atoms. The van der Waals surface area contributed by atoms with Gasteiger partial charge in [-0.15, -0.1) is 11.8 Å². The SMILES string of the molecule is CS/C=C(/C=C/c1ccccc1)C1CCCCC1.